The fourth-order valence-electron chi connectivity index (χ4n) is 2.27. The summed E-state index contributed by atoms with van der Waals surface area (Å²) in [6.45, 7) is 0. The quantitative estimate of drug-likeness (QED) is 0.635. The zero-order valence-corrected chi connectivity index (χ0v) is 15.3. The first-order valence-electron chi connectivity index (χ1n) is 8.00. The van der Waals surface area contributed by atoms with Crippen molar-refractivity contribution in [2.45, 2.75) is 4.90 Å². The van der Waals surface area contributed by atoms with Gasteiger partial charge in [0.25, 0.3) is 10.0 Å². The Morgan fingerprint density at radius 3 is 2.59 bits per heavy atom. The largest absolute Gasteiger partial charge is 0.497 e. The Hall–Kier alpha value is -3.39. The number of benzene rings is 2. The maximum atomic E-state index is 12.4. The van der Waals surface area contributed by atoms with Crippen molar-refractivity contribution in [3.05, 3.63) is 72.1 Å². The number of nitrogens with zero attached hydrogens (tertiary/aromatic N) is 2. The van der Waals surface area contributed by atoms with Crippen molar-refractivity contribution >= 4 is 33.8 Å². The Labute approximate surface area is 157 Å². The van der Waals surface area contributed by atoms with E-state index >= 15 is 0 Å². The third-order valence-corrected chi connectivity index (χ3v) is 4.98. The third-order valence-electron chi connectivity index (χ3n) is 3.63. The number of anilines is 2. The highest BCUT2D eigenvalue weighted by Gasteiger charge is 2.15. The van der Waals surface area contributed by atoms with Crippen LogP contribution in [0.15, 0.2) is 65.7 Å². The number of aromatic nitrogens is 2. The van der Waals surface area contributed by atoms with Gasteiger partial charge >= 0.3 is 0 Å². The number of hydrogen-bond acceptors (Lipinski definition) is 6. The number of methoxy groups -OCH3 is 1. The summed E-state index contributed by atoms with van der Waals surface area (Å²) in [5, 5.41) is 0. The van der Waals surface area contributed by atoms with Crippen LogP contribution in [-0.2, 0) is 10.0 Å². The summed E-state index contributed by atoms with van der Waals surface area (Å²) >= 11 is 0. The number of ether oxygens (including phenoxy) is 1. The van der Waals surface area contributed by atoms with E-state index in [9.17, 15) is 8.42 Å². The van der Waals surface area contributed by atoms with Crippen molar-refractivity contribution < 1.29 is 13.2 Å². The van der Waals surface area contributed by atoms with Crippen molar-refractivity contribution in [1.29, 1.82) is 0 Å². The Bertz CT molecular complexity index is 1060. The van der Waals surface area contributed by atoms with Crippen LogP contribution in [-0.4, -0.2) is 25.5 Å². The molecule has 0 radical (unpaired) electrons. The van der Waals surface area contributed by atoms with E-state index in [1.807, 2.05) is 30.3 Å². The topological polar surface area (TPSA) is 107 Å². The van der Waals surface area contributed by atoms with Crippen LogP contribution in [0.1, 0.15) is 11.3 Å². The van der Waals surface area contributed by atoms with Gasteiger partial charge in [0.1, 0.15) is 5.75 Å². The monoisotopic (exact) mass is 382 g/mol. The molecule has 138 valence electrons. The van der Waals surface area contributed by atoms with Crippen molar-refractivity contribution in [2.75, 3.05) is 17.6 Å². The first-order valence-corrected chi connectivity index (χ1v) is 9.48. The van der Waals surface area contributed by atoms with Crippen LogP contribution < -0.4 is 15.2 Å². The van der Waals surface area contributed by atoms with E-state index in [2.05, 4.69) is 14.7 Å². The SMILES string of the molecule is COc1cccc(/C=C/c2ccnc(NS(=O)(=O)c3ccc(N)cc3)n2)c1. The zero-order chi connectivity index (χ0) is 19.3. The molecule has 1 heterocycles. The molecule has 3 aromatic rings. The van der Waals surface area contributed by atoms with Gasteiger partial charge in [-0.2, -0.15) is 0 Å². The van der Waals surface area contributed by atoms with Crippen LogP contribution in [0.4, 0.5) is 11.6 Å². The molecular weight excluding hydrogens is 364 g/mol. The molecule has 0 aliphatic rings. The van der Waals surface area contributed by atoms with E-state index < -0.39 is 10.0 Å². The van der Waals surface area contributed by atoms with Crippen molar-refractivity contribution in [1.82, 2.24) is 9.97 Å². The molecule has 8 heteroatoms. The first kappa shape index (κ1) is 18.4. The molecule has 0 aliphatic carbocycles. The Balaban J connectivity index is 1.79. The molecule has 27 heavy (non-hydrogen) atoms. The average molecular weight is 382 g/mol. The summed E-state index contributed by atoms with van der Waals surface area (Å²) < 4.78 is 32.4. The van der Waals surface area contributed by atoms with Crippen LogP contribution in [0.2, 0.25) is 0 Å². The smallest absolute Gasteiger partial charge is 0.264 e. The lowest BCUT2D eigenvalue weighted by atomic mass is 10.2. The molecule has 3 N–H and O–H groups in total. The van der Waals surface area contributed by atoms with Crippen molar-refractivity contribution in [3.8, 4) is 5.75 Å². The van der Waals surface area contributed by atoms with Gasteiger partial charge in [0.05, 0.1) is 17.7 Å². The lowest BCUT2D eigenvalue weighted by molar-refractivity contribution is 0.414. The predicted octanol–water partition coefficient (Wildman–Crippen LogP) is 3.04. The fraction of sp³-hybridized carbons (Fsp3) is 0.0526. The molecule has 2 aromatic carbocycles. The molecular formula is C19H18N4O3S. The molecule has 0 spiro atoms. The van der Waals surface area contributed by atoms with Crippen molar-refractivity contribution in [3.63, 3.8) is 0 Å². The zero-order valence-electron chi connectivity index (χ0n) is 14.5. The Kier molecular flexibility index (Phi) is 5.37. The number of nitrogen functional groups attached to an aromatic ring is 1. The van der Waals surface area contributed by atoms with E-state index in [1.54, 1.807) is 19.3 Å². The Morgan fingerprint density at radius 1 is 1.07 bits per heavy atom. The minimum atomic E-state index is -3.79. The highest BCUT2D eigenvalue weighted by Crippen LogP contribution is 2.17. The van der Waals surface area contributed by atoms with Gasteiger partial charge in [-0.3, -0.25) is 0 Å². The normalized spacial score (nSPS) is 11.4. The molecule has 0 unspecified atom stereocenters. The van der Waals surface area contributed by atoms with E-state index in [-0.39, 0.29) is 10.8 Å². The second-order valence-corrected chi connectivity index (χ2v) is 7.27. The van der Waals surface area contributed by atoms with Gasteiger partial charge in [0.15, 0.2) is 0 Å². The number of hydrogen-bond donors (Lipinski definition) is 2. The number of nitrogens with one attached hydrogen (secondary N) is 1. The molecule has 0 saturated heterocycles. The van der Waals surface area contributed by atoms with Gasteiger partial charge in [0, 0.05) is 11.9 Å². The summed E-state index contributed by atoms with van der Waals surface area (Å²) in [5.74, 6) is 0.733. The van der Waals surface area contributed by atoms with Crippen LogP contribution in [0.25, 0.3) is 12.2 Å². The van der Waals surface area contributed by atoms with Crippen LogP contribution in [0, 0.1) is 0 Å². The van der Waals surface area contributed by atoms with Crippen LogP contribution >= 0.6 is 0 Å². The average Bonchev–Trinajstić information content (AvgIpc) is 2.67. The summed E-state index contributed by atoms with van der Waals surface area (Å²) in [5.41, 5.74) is 7.55. The molecule has 1 aromatic heterocycles. The van der Waals surface area contributed by atoms with Gasteiger partial charge in [-0.1, -0.05) is 18.2 Å². The number of nitrogens with two attached hydrogens (primary N) is 1. The number of sulfonamides is 1. The maximum absolute atomic E-state index is 12.4. The van der Waals surface area contributed by atoms with E-state index in [4.69, 9.17) is 10.5 Å². The molecule has 0 saturated carbocycles. The molecule has 7 nitrogen and oxygen atoms in total. The highest BCUT2D eigenvalue weighted by molar-refractivity contribution is 7.92. The molecule has 0 amide bonds. The second kappa shape index (κ2) is 7.88. The minimum absolute atomic E-state index is 0.0142. The van der Waals surface area contributed by atoms with E-state index in [1.165, 1.54) is 30.5 Å². The Morgan fingerprint density at radius 2 is 1.85 bits per heavy atom. The summed E-state index contributed by atoms with van der Waals surface area (Å²) in [6, 6.07) is 15.1. The van der Waals surface area contributed by atoms with Crippen LogP contribution in [0.5, 0.6) is 5.75 Å². The lowest BCUT2D eigenvalue weighted by Crippen LogP contribution is -2.15. The van der Waals surface area contributed by atoms with Gasteiger partial charge in [-0.25, -0.2) is 23.1 Å². The summed E-state index contributed by atoms with van der Waals surface area (Å²) in [6.07, 6.45) is 5.10. The predicted molar refractivity (Wildman–Crippen MR) is 106 cm³/mol. The third kappa shape index (κ3) is 4.83. The van der Waals surface area contributed by atoms with E-state index in [0.717, 1.165) is 11.3 Å². The van der Waals surface area contributed by atoms with Crippen molar-refractivity contribution in [2.24, 2.45) is 0 Å². The molecule has 3 rings (SSSR count). The fourth-order valence-corrected chi connectivity index (χ4v) is 3.22. The van der Waals surface area contributed by atoms with Gasteiger partial charge in [0.2, 0.25) is 5.95 Å². The number of rotatable bonds is 6. The second-order valence-electron chi connectivity index (χ2n) is 5.59. The van der Waals surface area contributed by atoms with Gasteiger partial charge in [-0.05, 0) is 54.1 Å². The first-order chi connectivity index (χ1) is 13.0. The summed E-state index contributed by atoms with van der Waals surface area (Å²) in [7, 11) is -2.19. The molecule has 0 bridgehead atoms. The minimum Gasteiger partial charge on any atom is -0.497 e. The maximum Gasteiger partial charge on any atom is 0.264 e. The summed E-state index contributed by atoms with van der Waals surface area (Å²) in [4.78, 5) is 8.27. The van der Waals surface area contributed by atoms with E-state index in [0.29, 0.717) is 11.4 Å². The molecule has 0 fully saturated rings. The lowest BCUT2D eigenvalue weighted by Gasteiger charge is -2.07. The molecule has 0 aliphatic heterocycles. The van der Waals surface area contributed by atoms with Gasteiger partial charge < -0.3 is 10.5 Å². The van der Waals surface area contributed by atoms with Gasteiger partial charge in [-0.15, -0.1) is 0 Å². The van der Waals surface area contributed by atoms with Crippen LogP contribution in [0.3, 0.4) is 0 Å². The molecule has 0 atom stereocenters. The highest BCUT2D eigenvalue weighted by atomic mass is 32.2. The standard InChI is InChI=1S/C19H18N4O3S/c1-26-17-4-2-3-14(13-17)5-8-16-11-12-21-19(22-16)23-27(24,25)18-9-6-15(20)7-10-18/h2-13H,20H2,1H3,(H,21,22,23)/b8-5+.